The van der Waals surface area contributed by atoms with E-state index < -0.39 is 0 Å². The number of pyridine rings is 1. The molecule has 4 heteroatoms. The zero-order chi connectivity index (χ0) is 13.4. The van der Waals surface area contributed by atoms with Crippen molar-refractivity contribution in [1.82, 2.24) is 10.3 Å². The molecule has 1 heterocycles. The summed E-state index contributed by atoms with van der Waals surface area (Å²) in [4.78, 5) is 6.94. The fourth-order valence-electron chi connectivity index (χ4n) is 1.72. The van der Waals surface area contributed by atoms with Crippen LogP contribution < -0.4 is 10.2 Å². The number of hydrogen-bond acceptors (Lipinski definition) is 4. The number of aryl methyl sites for hydroxylation is 1. The first-order chi connectivity index (χ1) is 8.71. The maximum atomic E-state index is 4.70. The third-order valence-electron chi connectivity index (χ3n) is 2.89. The van der Waals surface area contributed by atoms with Crippen LogP contribution in [0.1, 0.15) is 25.1 Å². The predicted molar refractivity (Wildman–Crippen MR) is 82.6 cm³/mol. The van der Waals surface area contributed by atoms with E-state index >= 15 is 0 Å². The maximum Gasteiger partial charge on any atom is 0.128 e. The van der Waals surface area contributed by atoms with Crippen LogP contribution in [-0.4, -0.2) is 37.1 Å². The lowest BCUT2D eigenvalue weighted by Crippen LogP contribution is -2.22. The first kappa shape index (κ1) is 15.3. The Hall–Kier alpha value is -0.740. The topological polar surface area (TPSA) is 28.2 Å². The molecule has 0 atom stereocenters. The van der Waals surface area contributed by atoms with Crippen molar-refractivity contribution in [1.29, 1.82) is 0 Å². The second kappa shape index (κ2) is 8.38. The molecule has 1 N–H and O–H groups in total. The Balaban J connectivity index is 2.81. The van der Waals surface area contributed by atoms with Crippen molar-refractivity contribution in [2.75, 3.05) is 37.0 Å². The molecule has 0 aromatic carbocycles. The van der Waals surface area contributed by atoms with Crippen LogP contribution in [0.5, 0.6) is 0 Å². The van der Waals surface area contributed by atoms with E-state index in [0.29, 0.717) is 0 Å². The quantitative estimate of drug-likeness (QED) is 0.783. The van der Waals surface area contributed by atoms with Gasteiger partial charge in [-0.15, -0.1) is 0 Å². The molecule has 18 heavy (non-hydrogen) atoms. The van der Waals surface area contributed by atoms with Crippen LogP contribution in [0.4, 0.5) is 5.82 Å². The molecule has 0 aliphatic heterocycles. The molecule has 1 rings (SSSR count). The summed E-state index contributed by atoms with van der Waals surface area (Å²) in [6.07, 6.45) is 3.13. The Morgan fingerprint density at radius 3 is 2.72 bits per heavy atom. The van der Waals surface area contributed by atoms with Gasteiger partial charge in [0.15, 0.2) is 0 Å². The molecule has 0 saturated heterocycles. The van der Waals surface area contributed by atoms with E-state index in [9.17, 15) is 0 Å². The fourth-order valence-corrected chi connectivity index (χ4v) is 2.18. The minimum absolute atomic E-state index is 0.926. The first-order valence-corrected chi connectivity index (χ1v) is 8.01. The molecular formula is C14H25N3S. The monoisotopic (exact) mass is 267 g/mol. The van der Waals surface area contributed by atoms with Gasteiger partial charge in [0.25, 0.3) is 0 Å². The number of aromatic nitrogens is 1. The summed E-state index contributed by atoms with van der Waals surface area (Å²) in [6, 6.07) is 4.40. The summed E-state index contributed by atoms with van der Waals surface area (Å²) >= 11 is 1.87. The van der Waals surface area contributed by atoms with E-state index in [-0.39, 0.29) is 0 Å². The van der Waals surface area contributed by atoms with E-state index in [1.165, 1.54) is 11.3 Å². The number of nitrogens with zero attached hydrogens (tertiary/aromatic N) is 2. The maximum absolute atomic E-state index is 4.70. The molecule has 1 aromatic rings. The second-order valence-electron chi connectivity index (χ2n) is 4.37. The summed E-state index contributed by atoms with van der Waals surface area (Å²) in [7, 11) is 2.12. The lowest BCUT2D eigenvalue weighted by atomic mass is 10.2. The van der Waals surface area contributed by atoms with Crippen molar-refractivity contribution in [3.8, 4) is 0 Å². The average molecular weight is 267 g/mol. The summed E-state index contributed by atoms with van der Waals surface area (Å²) in [5, 5.41) is 3.37. The Morgan fingerprint density at radius 2 is 2.11 bits per heavy atom. The first-order valence-electron chi connectivity index (χ1n) is 6.61. The van der Waals surface area contributed by atoms with Gasteiger partial charge >= 0.3 is 0 Å². The van der Waals surface area contributed by atoms with E-state index in [2.05, 4.69) is 49.5 Å². The molecule has 102 valence electrons. The molecule has 0 amide bonds. The Morgan fingerprint density at radius 1 is 1.33 bits per heavy atom. The van der Waals surface area contributed by atoms with Crippen LogP contribution in [0.15, 0.2) is 12.1 Å². The molecule has 0 unspecified atom stereocenters. The number of rotatable bonds is 8. The van der Waals surface area contributed by atoms with Gasteiger partial charge in [-0.25, -0.2) is 4.98 Å². The lowest BCUT2D eigenvalue weighted by molar-refractivity contribution is 0.723. The largest absolute Gasteiger partial charge is 0.359 e. The van der Waals surface area contributed by atoms with E-state index in [1.807, 2.05) is 11.8 Å². The van der Waals surface area contributed by atoms with E-state index in [4.69, 9.17) is 4.98 Å². The van der Waals surface area contributed by atoms with Crippen molar-refractivity contribution in [2.45, 2.75) is 26.8 Å². The number of thioether (sulfide) groups is 1. The highest BCUT2D eigenvalue weighted by Crippen LogP contribution is 2.15. The van der Waals surface area contributed by atoms with Crippen LogP contribution in [-0.2, 0) is 13.0 Å². The zero-order valence-electron chi connectivity index (χ0n) is 12.0. The molecule has 0 fully saturated rings. The number of anilines is 1. The summed E-state index contributed by atoms with van der Waals surface area (Å²) < 4.78 is 0. The highest BCUT2D eigenvalue weighted by molar-refractivity contribution is 7.98. The third kappa shape index (κ3) is 4.86. The van der Waals surface area contributed by atoms with Crippen LogP contribution in [0.2, 0.25) is 0 Å². The summed E-state index contributed by atoms with van der Waals surface area (Å²) in [5.41, 5.74) is 2.51. The Kier molecular flexibility index (Phi) is 7.13. The number of nitrogens with one attached hydrogen (secondary N) is 1. The molecule has 3 nitrogen and oxygen atoms in total. The molecule has 1 aromatic heterocycles. The SMILES string of the molecule is CCNCc1cc(CC)nc(N(C)CCSC)c1. The number of hydrogen-bond donors (Lipinski definition) is 1. The van der Waals surface area contributed by atoms with Crippen molar-refractivity contribution in [3.63, 3.8) is 0 Å². The van der Waals surface area contributed by atoms with Crippen molar-refractivity contribution in [3.05, 3.63) is 23.4 Å². The van der Waals surface area contributed by atoms with E-state index in [1.54, 1.807) is 0 Å². The molecule has 0 radical (unpaired) electrons. The van der Waals surface area contributed by atoms with Gasteiger partial charge in [-0.3, -0.25) is 0 Å². The lowest BCUT2D eigenvalue weighted by Gasteiger charge is -2.19. The van der Waals surface area contributed by atoms with Gasteiger partial charge in [0.05, 0.1) is 0 Å². The minimum Gasteiger partial charge on any atom is -0.359 e. The summed E-state index contributed by atoms with van der Waals surface area (Å²) in [6.45, 7) is 7.26. The van der Waals surface area contributed by atoms with Crippen molar-refractivity contribution in [2.24, 2.45) is 0 Å². The predicted octanol–water partition coefficient (Wildman–Crippen LogP) is 2.55. The standard InChI is InChI=1S/C14H25N3S/c1-5-13-9-12(11-15-6-2)10-14(16-13)17(3)7-8-18-4/h9-10,15H,5-8,11H2,1-4H3. The highest BCUT2D eigenvalue weighted by atomic mass is 32.2. The van der Waals surface area contributed by atoms with Gasteiger partial charge < -0.3 is 10.2 Å². The van der Waals surface area contributed by atoms with Crippen LogP contribution in [0.3, 0.4) is 0 Å². The molecule has 0 saturated carbocycles. The second-order valence-corrected chi connectivity index (χ2v) is 5.36. The third-order valence-corrected chi connectivity index (χ3v) is 3.48. The van der Waals surface area contributed by atoms with E-state index in [0.717, 1.165) is 37.6 Å². The van der Waals surface area contributed by atoms with Gasteiger partial charge in [0.2, 0.25) is 0 Å². The molecule has 0 bridgehead atoms. The van der Waals surface area contributed by atoms with Crippen LogP contribution >= 0.6 is 11.8 Å². The van der Waals surface area contributed by atoms with Gasteiger partial charge in [0.1, 0.15) is 5.82 Å². The summed E-state index contributed by atoms with van der Waals surface area (Å²) in [5.74, 6) is 2.23. The van der Waals surface area contributed by atoms with Crippen molar-refractivity contribution < 1.29 is 0 Å². The van der Waals surface area contributed by atoms with Crippen LogP contribution in [0.25, 0.3) is 0 Å². The van der Waals surface area contributed by atoms with Gasteiger partial charge in [-0.1, -0.05) is 13.8 Å². The van der Waals surface area contributed by atoms with Crippen molar-refractivity contribution >= 4 is 17.6 Å². The minimum atomic E-state index is 0.926. The average Bonchev–Trinajstić information content (AvgIpc) is 2.41. The highest BCUT2D eigenvalue weighted by Gasteiger charge is 2.06. The fraction of sp³-hybridized carbons (Fsp3) is 0.643. The van der Waals surface area contributed by atoms with Gasteiger partial charge in [0, 0.05) is 31.6 Å². The molecule has 0 aliphatic carbocycles. The van der Waals surface area contributed by atoms with Crippen LogP contribution in [0, 0.1) is 0 Å². The van der Waals surface area contributed by atoms with Gasteiger partial charge in [-0.2, -0.15) is 11.8 Å². The Bertz CT molecular complexity index is 355. The smallest absolute Gasteiger partial charge is 0.128 e. The molecule has 0 aliphatic rings. The Labute approximate surface area is 115 Å². The molecular weight excluding hydrogens is 242 g/mol. The van der Waals surface area contributed by atoms with Gasteiger partial charge in [-0.05, 0) is 36.9 Å². The normalized spacial score (nSPS) is 10.7. The molecule has 0 spiro atoms. The zero-order valence-corrected chi connectivity index (χ0v) is 12.8.